The van der Waals surface area contributed by atoms with Crippen molar-refractivity contribution in [1.82, 2.24) is 10.2 Å². The van der Waals surface area contributed by atoms with Crippen molar-refractivity contribution < 1.29 is 9.47 Å². The standard InChI is InChI=1S/C16H32N2O2/c1-3-17-15(7-6-12-19-2)16(8-4-5-9-16)18-10-13-20-14-11-18/h15,17H,3-14H2,1-2H3. The largest absolute Gasteiger partial charge is 0.385 e. The van der Waals surface area contributed by atoms with Crippen molar-refractivity contribution in [3.8, 4) is 0 Å². The van der Waals surface area contributed by atoms with E-state index in [-0.39, 0.29) is 0 Å². The lowest BCUT2D eigenvalue weighted by atomic mass is 9.83. The third-order valence-corrected chi connectivity index (χ3v) is 5.05. The highest BCUT2D eigenvalue weighted by atomic mass is 16.5. The summed E-state index contributed by atoms with van der Waals surface area (Å²) in [6, 6.07) is 0.600. The van der Waals surface area contributed by atoms with Crippen LogP contribution in [-0.2, 0) is 9.47 Å². The van der Waals surface area contributed by atoms with Crippen molar-refractivity contribution in [2.75, 3.05) is 46.6 Å². The molecule has 0 amide bonds. The molecule has 1 unspecified atom stereocenters. The van der Waals surface area contributed by atoms with Gasteiger partial charge in [0.2, 0.25) is 0 Å². The topological polar surface area (TPSA) is 33.7 Å². The van der Waals surface area contributed by atoms with Crippen LogP contribution in [0.5, 0.6) is 0 Å². The molecule has 1 aliphatic carbocycles. The smallest absolute Gasteiger partial charge is 0.0594 e. The van der Waals surface area contributed by atoms with Gasteiger partial charge in [-0.2, -0.15) is 0 Å². The number of nitrogens with zero attached hydrogens (tertiary/aromatic N) is 1. The average molecular weight is 284 g/mol. The summed E-state index contributed by atoms with van der Waals surface area (Å²) in [7, 11) is 1.80. The molecule has 20 heavy (non-hydrogen) atoms. The predicted molar refractivity (Wildman–Crippen MR) is 82.2 cm³/mol. The highest BCUT2D eigenvalue weighted by Gasteiger charge is 2.45. The van der Waals surface area contributed by atoms with Gasteiger partial charge >= 0.3 is 0 Å². The molecule has 0 spiro atoms. The van der Waals surface area contributed by atoms with Gasteiger partial charge in [0.1, 0.15) is 0 Å². The molecule has 0 radical (unpaired) electrons. The maximum Gasteiger partial charge on any atom is 0.0594 e. The van der Waals surface area contributed by atoms with Crippen LogP contribution in [0.15, 0.2) is 0 Å². The number of methoxy groups -OCH3 is 1. The molecule has 2 rings (SSSR count). The first kappa shape index (κ1) is 16.2. The number of hydrogen-bond donors (Lipinski definition) is 1. The third-order valence-electron chi connectivity index (χ3n) is 5.05. The highest BCUT2D eigenvalue weighted by molar-refractivity contribution is 5.04. The number of hydrogen-bond acceptors (Lipinski definition) is 4. The van der Waals surface area contributed by atoms with E-state index in [2.05, 4.69) is 17.1 Å². The molecule has 4 heteroatoms. The molecule has 1 N–H and O–H groups in total. The first-order valence-corrected chi connectivity index (χ1v) is 8.38. The Bertz CT molecular complexity index is 261. The van der Waals surface area contributed by atoms with E-state index < -0.39 is 0 Å². The van der Waals surface area contributed by atoms with Crippen LogP contribution in [0.25, 0.3) is 0 Å². The van der Waals surface area contributed by atoms with Gasteiger partial charge in [0.05, 0.1) is 13.2 Å². The van der Waals surface area contributed by atoms with Gasteiger partial charge in [-0.1, -0.05) is 19.8 Å². The molecule has 4 nitrogen and oxygen atoms in total. The molecule has 0 aromatic carbocycles. The van der Waals surface area contributed by atoms with Crippen LogP contribution < -0.4 is 5.32 Å². The molecule has 0 aromatic heterocycles. The number of rotatable bonds is 8. The van der Waals surface area contributed by atoms with Crippen molar-refractivity contribution in [2.45, 2.75) is 57.0 Å². The van der Waals surface area contributed by atoms with Crippen molar-refractivity contribution in [1.29, 1.82) is 0 Å². The zero-order valence-electron chi connectivity index (χ0n) is 13.3. The maximum absolute atomic E-state index is 5.56. The molecule has 1 saturated carbocycles. The van der Waals surface area contributed by atoms with Crippen molar-refractivity contribution >= 4 is 0 Å². The molecule has 2 fully saturated rings. The summed E-state index contributed by atoms with van der Waals surface area (Å²) < 4.78 is 10.8. The second-order valence-corrected chi connectivity index (χ2v) is 6.16. The Balaban J connectivity index is 2.05. The van der Waals surface area contributed by atoms with E-state index in [1.54, 1.807) is 7.11 Å². The Morgan fingerprint density at radius 3 is 2.55 bits per heavy atom. The third kappa shape index (κ3) is 3.73. The first-order valence-electron chi connectivity index (χ1n) is 8.38. The van der Waals surface area contributed by atoms with Gasteiger partial charge in [-0.15, -0.1) is 0 Å². The lowest BCUT2D eigenvalue weighted by Crippen LogP contribution is -2.62. The summed E-state index contributed by atoms with van der Waals surface area (Å²) in [6.07, 6.45) is 7.82. The Morgan fingerprint density at radius 1 is 1.25 bits per heavy atom. The Kier molecular flexibility index (Phi) is 6.75. The Morgan fingerprint density at radius 2 is 1.95 bits per heavy atom. The van der Waals surface area contributed by atoms with Gasteiger partial charge in [-0.3, -0.25) is 4.90 Å². The molecule has 1 saturated heterocycles. The molecule has 1 aliphatic heterocycles. The molecule has 118 valence electrons. The molecule has 0 aromatic rings. The molecule has 1 heterocycles. The van der Waals surface area contributed by atoms with E-state index in [1.807, 2.05) is 0 Å². The van der Waals surface area contributed by atoms with Crippen LogP contribution in [0.4, 0.5) is 0 Å². The minimum atomic E-state index is 0.369. The van der Waals surface area contributed by atoms with Crippen LogP contribution in [0.1, 0.15) is 45.4 Å². The number of morpholine rings is 1. The van der Waals surface area contributed by atoms with Crippen LogP contribution in [0, 0.1) is 0 Å². The summed E-state index contributed by atoms with van der Waals surface area (Å²) in [5.74, 6) is 0. The Hall–Kier alpha value is -0.160. The zero-order valence-corrected chi connectivity index (χ0v) is 13.3. The number of nitrogens with one attached hydrogen (secondary N) is 1. The minimum absolute atomic E-state index is 0.369. The van der Waals surface area contributed by atoms with Crippen LogP contribution in [-0.4, -0.2) is 63.0 Å². The second kappa shape index (κ2) is 8.32. The Labute approximate surface area is 124 Å². The van der Waals surface area contributed by atoms with Crippen LogP contribution in [0.2, 0.25) is 0 Å². The van der Waals surface area contributed by atoms with Gasteiger partial charge in [0.25, 0.3) is 0 Å². The van der Waals surface area contributed by atoms with E-state index in [0.29, 0.717) is 11.6 Å². The number of likely N-dealkylation sites (N-methyl/N-ethyl adjacent to an activating group) is 1. The fraction of sp³-hybridized carbons (Fsp3) is 1.00. The predicted octanol–water partition coefficient (Wildman–Crippen LogP) is 2.04. The van der Waals surface area contributed by atoms with Crippen LogP contribution >= 0.6 is 0 Å². The van der Waals surface area contributed by atoms with Gasteiger partial charge < -0.3 is 14.8 Å². The monoisotopic (exact) mass is 284 g/mol. The molecule has 2 aliphatic rings. The second-order valence-electron chi connectivity index (χ2n) is 6.16. The van der Waals surface area contributed by atoms with E-state index in [4.69, 9.17) is 9.47 Å². The SMILES string of the molecule is CCNC(CCCOC)C1(N2CCOCC2)CCCC1. The van der Waals surface area contributed by atoms with Crippen LogP contribution in [0.3, 0.4) is 0 Å². The summed E-state index contributed by atoms with van der Waals surface area (Å²) >= 11 is 0. The van der Waals surface area contributed by atoms with Crippen molar-refractivity contribution in [3.63, 3.8) is 0 Å². The highest BCUT2D eigenvalue weighted by Crippen LogP contribution is 2.40. The fourth-order valence-electron chi connectivity index (χ4n) is 4.12. The number of ether oxygens (including phenoxy) is 2. The summed E-state index contributed by atoms with van der Waals surface area (Å²) in [5, 5.41) is 3.78. The van der Waals surface area contributed by atoms with E-state index in [0.717, 1.165) is 45.9 Å². The molecular formula is C16H32N2O2. The van der Waals surface area contributed by atoms with Gasteiger partial charge in [0, 0.05) is 38.4 Å². The first-order chi connectivity index (χ1) is 9.83. The average Bonchev–Trinajstić information content (AvgIpc) is 2.98. The minimum Gasteiger partial charge on any atom is -0.385 e. The fourth-order valence-corrected chi connectivity index (χ4v) is 4.12. The molecule has 0 bridgehead atoms. The quantitative estimate of drug-likeness (QED) is 0.692. The molecule has 1 atom stereocenters. The summed E-state index contributed by atoms with van der Waals surface area (Å²) in [5.41, 5.74) is 0.369. The van der Waals surface area contributed by atoms with Gasteiger partial charge in [-0.05, 0) is 32.2 Å². The van der Waals surface area contributed by atoms with E-state index in [9.17, 15) is 0 Å². The maximum atomic E-state index is 5.56. The van der Waals surface area contributed by atoms with Crippen molar-refractivity contribution in [2.24, 2.45) is 0 Å². The van der Waals surface area contributed by atoms with Gasteiger partial charge in [-0.25, -0.2) is 0 Å². The van der Waals surface area contributed by atoms with Gasteiger partial charge in [0.15, 0.2) is 0 Å². The normalized spacial score (nSPS) is 24.9. The summed E-state index contributed by atoms with van der Waals surface area (Å²) in [4.78, 5) is 2.73. The molecular weight excluding hydrogens is 252 g/mol. The lowest BCUT2D eigenvalue weighted by molar-refractivity contribution is -0.0375. The lowest BCUT2D eigenvalue weighted by Gasteiger charge is -2.48. The summed E-state index contributed by atoms with van der Waals surface area (Å²) in [6.45, 7) is 8.17. The van der Waals surface area contributed by atoms with E-state index >= 15 is 0 Å². The zero-order chi connectivity index (χ0) is 14.3. The van der Waals surface area contributed by atoms with E-state index in [1.165, 1.54) is 32.1 Å². The van der Waals surface area contributed by atoms with Crippen molar-refractivity contribution in [3.05, 3.63) is 0 Å².